The Morgan fingerprint density at radius 3 is 2.14 bits per heavy atom. The standard InChI is InChI=1S/C11H19N3/c1-7(2)10(12)6-11-13-8(3)5-9(4)14-11/h5,7,10H,6,12H2,1-4H3. The van der Waals surface area contributed by atoms with Crippen molar-refractivity contribution in [3.63, 3.8) is 0 Å². The van der Waals surface area contributed by atoms with Crippen molar-refractivity contribution < 1.29 is 0 Å². The second-order valence-electron chi connectivity index (χ2n) is 4.18. The molecule has 0 aromatic carbocycles. The summed E-state index contributed by atoms with van der Waals surface area (Å²) in [6.45, 7) is 8.21. The van der Waals surface area contributed by atoms with Crippen LogP contribution in [0.2, 0.25) is 0 Å². The lowest BCUT2D eigenvalue weighted by Gasteiger charge is -2.14. The van der Waals surface area contributed by atoms with Crippen LogP contribution in [0.1, 0.15) is 31.1 Å². The van der Waals surface area contributed by atoms with Crippen LogP contribution in [0.15, 0.2) is 6.07 Å². The Hall–Kier alpha value is -0.960. The average molecular weight is 193 g/mol. The normalized spacial score (nSPS) is 13.3. The third kappa shape index (κ3) is 3.07. The first-order chi connectivity index (χ1) is 6.49. The van der Waals surface area contributed by atoms with Gasteiger partial charge in [0.15, 0.2) is 0 Å². The summed E-state index contributed by atoms with van der Waals surface area (Å²) in [7, 11) is 0. The van der Waals surface area contributed by atoms with Gasteiger partial charge in [0.2, 0.25) is 0 Å². The first kappa shape index (κ1) is 11.1. The van der Waals surface area contributed by atoms with Gasteiger partial charge < -0.3 is 5.73 Å². The lowest BCUT2D eigenvalue weighted by atomic mass is 10.0. The molecule has 0 bridgehead atoms. The number of aromatic nitrogens is 2. The fourth-order valence-electron chi connectivity index (χ4n) is 1.34. The third-order valence-electron chi connectivity index (χ3n) is 2.30. The van der Waals surface area contributed by atoms with Gasteiger partial charge in [-0.15, -0.1) is 0 Å². The highest BCUT2D eigenvalue weighted by Gasteiger charge is 2.10. The molecule has 0 aliphatic heterocycles. The molecular weight excluding hydrogens is 174 g/mol. The lowest BCUT2D eigenvalue weighted by Crippen LogP contribution is -2.29. The molecule has 1 unspecified atom stereocenters. The Balaban J connectivity index is 2.76. The molecule has 1 rings (SSSR count). The second kappa shape index (κ2) is 4.51. The third-order valence-corrected chi connectivity index (χ3v) is 2.30. The molecule has 1 aromatic heterocycles. The number of aryl methyl sites for hydroxylation is 2. The van der Waals surface area contributed by atoms with Crippen molar-refractivity contribution in [1.29, 1.82) is 0 Å². The molecular formula is C11H19N3. The Morgan fingerprint density at radius 2 is 1.71 bits per heavy atom. The van der Waals surface area contributed by atoms with Gasteiger partial charge in [0, 0.05) is 23.9 Å². The molecule has 0 spiro atoms. The van der Waals surface area contributed by atoms with Gasteiger partial charge in [-0.2, -0.15) is 0 Å². The molecule has 1 aromatic rings. The Labute approximate surface area is 85.8 Å². The van der Waals surface area contributed by atoms with E-state index in [2.05, 4.69) is 23.8 Å². The summed E-state index contributed by atoms with van der Waals surface area (Å²) >= 11 is 0. The fraction of sp³-hybridized carbons (Fsp3) is 0.636. The largest absolute Gasteiger partial charge is 0.327 e. The summed E-state index contributed by atoms with van der Waals surface area (Å²) in [6, 6.07) is 2.13. The molecule has 0 aliphatic carbocycles. The fourth-order valence-corrected chi connectivity index (χ4v) is 1.34. The zero-order valence-corrected chi connectivity index (χ0v) is 9.41. The minimum atomic E-state index is 0.149. The average Bonchev–Trinajstić information content (AvgIpc) is 2.01. The lowest BCUT2D eigenvalue weighted by molar-refractivity contribution is 0.480. The summed E-state index contributed by atoms with van der Waals surface area (Å²) in [5.74, 6) is 1.34. The van der Waals surface area contributed by atoms with Crippen LogP contribution >= 0.6 is 0 Å². The van der Waals surface area contributed by atoms with Gasteiger partial charge in [-0.25, -0.2) is 9.97 Å². The molecule has 14 heavy (non-hydrogen) atoms. The number of nitrogens with two attached hydrogens (primary N) is 1. The summed E-state index contributed by atoms with van der Waals surface area (Å²) in [4.78, 5) is 8.73. The molecule has 0 saturated heterocycles. The van der Waals surface area contributed by atoms with Crippen LogP contribution in [-0.4, -0.2) is 16.0 Å². The quantitative estimate of drug-likeness (QED) is 0.793. The van der Waals surface area contributed by atoms with Crippen LogP contribution in [0, 0.1) is 19.8 Å². The SMILES string of the molecule is Cc1cc(C)nc(CC(N)C(C)C)n1. The maximum absolute atomic E-state index is 5.97. The van der Waals surface area contributed by atoms with Gasteiger partial charge >= 0.3 is 0 Å². The van der Waals surface area contributed by atoms with Gasteiger partial charge in [0.05, 0.1) is 0 Å². The van der Waals surface area contributed by atoms with Crippen LogP contribution in [0.5, 0.6) is 0 Å². The van der Waals surface area contributed by atoms with Gasteiger partial charge in [0.25, 0.3) is 0 Å². The number of hydrogen-bond donors (Lipinski definition) is 1. The minimum Gasteiger partial charge on any atom is -0.327 e. The molecule has 1 atom stereocenters. The topological polar surface area (TPSA) is 51.8 Å². The van der Waals surface area contributed by atoms with E-state index < -0.39 is 0 Å². The molecule has 3 nitrogen and oxygen atoms in total. The monoisotopic (exact) mass is 193 g/mol. The van der Waals surface area contributed by atoms with Gasteiger partial charge in [-0.05, 0) is 25.8 Å². The number of hydrogen-bond acceptors (Lipinski definition) is 3. The van der Waals surface area contributed by atoms with Gasteiger partial charge in [-0.3, -0.25) is 0 Å². The van der Waals surface area contributed by atoms with Crippen molar-refractivity contribution in [1.82, 2.24) is 9.97 Å². The van der Waals surface area contributed by atoms with Crippen LogP contribution in [0.4, 0.5) is 0 Å². The van der Waals surface area contributed by atoms with Crippen LogP contribution in [0.25, 0.3) is 0 Å². The van der Waals surface area contributed by atoms with E-state index in [9.17, 15) is 0 Å². The van der Waals surface area contributed by atoms with Crippen LogP contribution in [-0.2, 0) is 6.42 Å². The molecule has 0 fully saturated rings. The summed E-state index contributed by atoms with van der Waals surface area (Å²) in [5, 5.41) is 0. The predicted molar refractivity (Wildman–Crippen MR) is 58.0 cm³/mol. The minimum absolute atomic E-state index is 0.149. The molecule has 0 saturated carbocycles. The van der Waals surface area contributed by atoms with E-state index in [1.807, 2.05) is 19.9 Å². The van der Waals surface area contributed by atoms with Crippen molar-refractivity contribution in [3.05, 3.63) is 23.3 Å². The Kier molecular flexibility index (Phi) is 3.58. The van der Waals surface area contributed by atoms with E-state index in [0.717, 1.165) is 23.6 Å². The summed E-state index contributed by atoms with van der Waals surface area (Å²) < 4.78 is 0. The zero-order chi connectivity index (χ0) is 10.7. The van der Waals surface area contributed by atoms with E-state index in [4.69, 9.17) is 5.73 Å². The molecule has 3 heteroatoms. The number of nitrogens with zero attached hydrogens (tertiary/aromatic N) is 2. The summed E-state index contributed by atoms with van der Waals surface area (Å²) in [6.07, 6.45) is 0.764. The maximum atomic E-state index is 5.97. The first-order valence-electron chi connectivity index (χ1n) is 5.05. The van der Waals surface area contributed by atoms with Crippen molar-refractivity contribution in [2.24, 2.45) is 11.7 Å². The van der Waals surface area contributed by atoms with Crippen molar-refractivity contribution in [3.8, 4) is 0 Å². The Bertz CT molecular complexity index is 287. The molecule has 0 amide bonds. The highest BCUT2D eigenvalue weighted by molar-refractivity contribution is 5.09. The molecule has 0 aliphatic rings. The second-order valence-corrected chi connectivity index (χ2v) is 4.18. The molecule has 78 valence electrons. The summed E-state index contributed by atoms with van der Waals surface area (Å²) in [5.41, 5.74) is 8.00. The van der Waals surface area contributed by atoms with E-state index >= 15 is 0 Å². The van der Waals surface area contributed by atoms with Gasteiger partial charge in [0.1, 0.15) is 5.82 Å². The highest BCUT2D eigenvalue weighted by Crippen LogP contribution is 2.06. The van der Waals surface area contributed by atoms with Crippen molar-refractivity contribution in [2.45, 2.75) is 40.2 Å². The number of rotatable bonds is 3. The van der Waals surface area contributed by atoms with Crippen molar-refractivity contribution >= 4 is 0 Å². The molecule has 1 heterocycles. The van der Waals surface area contributed by atoms with E-state index in [0.29, 0.717) is 5.92 Å². The maximum Gasteiger partial charge on any atom is 0.130 e. The van der Waals surface area contributed by atoms with Gasteiger partial charge in [-0.1, -0.05) is 13.8 Å². The van der Waals surface area contributed by atoms with E-state index in [-0.39, 0.29) is 6.04 Å². The highest BCUT2D eigenvalue weighted by atomic mass is 14.9. The molecule has 0 radical (unpaired) electrons. The van der Waals surface area contributed by atoms with Crippen LogP contribution in [0.3, 0.4) is 0 Å². The first-order valence-corrected chi connectivity index (χ1v) is 5.05. The van der Waals surface area contributed by atoms with E-state index in [1.165, 1.54) is 0 Å². The molecule has 2 N–H and O–H groups in total. The predicted octanol–water partition coefficient (Wildman–Crippen LogP) is 1.62. The van der Waals surface area contributed by atoms with Crippen LogP contribution < -0.4 is 5.73 Å². The van der Waals surface area contributed by atoms with Crippen molar-refractivity contribution in [2.75, 3.05) is 0 Å². The zero-order valence-electron chi connectivity index (χ0n) is 9.41. The van der Waals surface area contributed by atoms with E-state index in [1.54, 1.807) is 0 Å². The Morgan fingerprint density at radius 1 is 1.21 bits per heavy atom. The smallest absolute Gasteiger partial charge is 0.130 e.